The Balaban J connectivity index is 0.000000103. The molecule has 10 aliphatic rings. The molecule has 24 rings (SSSR count). The van der Waals surface area contributed by atoms with E-state index in [1.54, 1.807) is 49.0 Å². The number of aryl methyl sites for hydroxylation is 13. The summed E-state index contributed by atoms with van der Waals surface area (Å²) >= 11 is 5.83. The van der Waals surface area contributed by atoms with E-state index in [9.17, 15) is 9.59 Å². The van der Waals surface area contributed by atoms with Crippen LogP contribution in [-0.2, 0) is 85.6 Å². The first-order valence-electron chi connectivity index (χ1n) is 50.4. The lowest BCUT2D eigenvalue weighted by Crippen LogP contribution is -2.45. The van der Waals surface area contributed by atoms with Gasteiger partial charge in [0.1, 0.15) is 5.75 Å². The van der Waals surface area contributed by atoms with Crippen molar-refractivity contribution in [3.05, 3.63) is 270 Å². The Morgan fingerprint density at radius 2 is 0.902 bits per heavy atom. The number of benzene rings is 8. The van der Waals surface area contributed by atoms with Gasteiger partial charge >= 0.3 is 0 Å². The molecule has 0 bridgehead atoms. The Morgan fingerprint density at radius 3 is 1.41 bits per heavy atom. The number of aromatic nitrogens is 6. The second-order valence-electron chi connectivity index (χ2n) is 40.1. The molecule has 10 heterocycles. The normalized spacial score (nSPS) is 19.9. The summed E-state index contributed by atoms with van der Waals surface area (Å²) in [6, 6.07) is 61.7. The van der Waals surface area contributed by atoms with E-state index in [1.165, 1.54) is 253 Å². The van der Waals surface area contributed by atoms with Gasteiger partial charge in [-0.1, -0.05) is 113 Å². The number of ether oxygens (including phenoxy) is 2. The van der Waals surface area contributed by atoms with Crippen molar-refractivity contribution in [3.8, 4) is 5.75 Å². The molecule has 14 aromatic rings. The maximum Gasteiger partial charge on any atom is 0.220 e. The molecule has 2 amide bonds. The van der Waals surface area contributed by atoms with Gasteiger partial charge in [-0.25, -0.2) is 0 Å². The third-order valence-corrected chi connectivity index (χ3v) is 31.5. The minimum Gasteiger partial charge on any atom is -0.497 e. The number of carbonyl (C=O) groups excluding carboxylic acids is 2. The lowest BCUT2D eigenvalue weighted by atomic mass is 9.89. The van der Waals surface area contributed by atoms with Crippen LogP contribution in [0.5, 0.6) is 5.75 Å². The third-order valence-electron chi connectivity index (χ3n) is 31.2. The monoisotopic (exact) mass is 1800 g/mol. The van der Waals surface area contributed by atoms with Crippen LogP contribution in [0.1, 0.15) is 267 Å². The van der Waals surface area contributed by atoms with Crippen LogP contribution in [0.3, 0.4) is 0 Å². The summed E-state index contributed by atoms with van der Waals surface area (Å²) in [6.07, 6.45) is 25.9. The first-order chi connectivity index (χ1) is 64.7. The average molecular weight is 1800 g/mol. The number of H-pyrrole nitrogens is 2. The van der Waals surface area contributed by atoms with Crippen LogP contribution in [0, 0.1) is 41.5 Å². The van der Waals surface area contributed by atoms with E-state index in [2.05, 4.69) is 242 Å². The molecule has 0 saturated heterocycles. The van der Waals surface area contributed by atoms with Gasteiger partial charge in [0.05, 0.1) is 43.4 Å². The van der Waals surface area contributed by atoms with Crippen molar-refractivity contribution >= 4 is 100 Å². The highest BCUT2D eigenvalue weighted by Gasteiger charge is 2.41. The molecule has 8 aromatic carbocycles. The molecule has 6 aliphatic carbocycles. The first-order valence-corrected chi connectivity index (χ1v) is 50.8. The fourth-order valence-electron chi connectivity index (χ4n) is 24.8. The molecule has 7 unspecified atom stereocenters. The lowest BCUT2D eigenvalue weighted by Gasteiger charge is -2.41. The second-order valence-corrected chi connectivity index (χ2v) is 40.5. The summed E-state index contributed by atoms with van der Waals surface area (Å²) in [7, 11) is 5.81. The van der Waals surface area contributed by atoms with E-state index in [1.807, 2.05) is 54.5 Å². The first kappa shape index (κ1) is 91.4. The molecule has 696 valence electrons. The van der Waals surface area contributed by atoms with E-state index in [4.69, 9.17) is 21.7 Å². The summed E-state index contributed by atoms with van der Waals surface area (Å²) in [4.78, 5) is 43.3. The molecule has 0 saturated carbocycles. The number of aromatic amines is 2. The van der Waals surface area contributed by atoms with Gasteiger partial charge in [-0.3, -0.25) is 19.4 Å². The summed E-state index contributed by atoms with van der Waals surface area (Å²) in [5.41, 5.74) is 36.4. The SMILES string of the molecule is CC(=O)N(Cc1ccccc1)C1CCCc2c1[nH]c1ccc(C)cc21.CC(=O)N1CCn2c3c(c4cc(C)ccc42)CCCC31.CCCCNC1CCCc2c1[nH]c1ccc(C)cc21.COC(C)CN1CCn2c3c(c4cc(C)ccc42)CCCC31.COc1ccc(NC(=S)N2CCn3c4c(c5cc(C)ccc53)CCCC42)cc1.Cc1ccc2c(c1)c1c3n2CCCN(C)C3CCC1. The van der Waals surface area contributed by atoms with Crippen molar-refractivity contribution in [1.29, 1.82) is 0 Å². The number of rotatable bonds is 12. The summed E-state index contributed by atoms with van der Waals surface area (Å²) in [6.45, 7) is 32.1. The maximum absolute atomic E-state index is 12.4. The van der Waals surface area contributed by atoms with Crippen LogP contribution in [0.2, 0.25) is 0 Å². The van der Waals surface area contributed by atoms with E-state index in [0.29, 0.717) is 42.9 Å². The topological polar surface area (TPSA) is 144 Å². The number of hydrogen-bond acceptors (Lipinski definition) is 8. The van der Waals surface area contributed by atoms with E-state index in [0.717, 1.165) is 107 Å². The highest BCUT2D eigenvalue weighted by Crippen LogP contribution is 2.49. The Labute approximate surface area is 793 Å². The van der Waals surface area contributed by atoms with Crippen LogP contribution in [0.15, 0.2) is 164 Å². The lowest BCUT2D eigenvalue weighted by molar-refractivity contribution is -0.133. The second kappa shape index (κ2) is 39.7. The van der Waals surface area contributed by atoms with Gasteiger partial charge in [-0.2, -0.15) is 0 Å². The van der Waals surface area contributed by atoms with Crippen LogP contribution < -0.4 is 15.4 Å². The summed E-state index contributed by atoms with van der Waals surface area (Å²) in [5.74, 6) is 1.21. The van der Waals surface area contributed by atoms with E-state index < -0.39 is 0 Å². The van der Waals surface area contributed by atoms with E-state index >= 15 is 0 Å². The minimum atomic E-state index is 0.133. The molecule has 0 spiro atoms. The molecule has 0 radical (unpaired) electrons. The number of carbonyl (C=O) groups is 2. The van der Waals surface area contributed by atoms with Crippen molar-refractivity contribution < 1.29 is 19.1 Å². The standard InChI is InChI=1S/C23H25N3OS.C22H24N2O.C19H26N2O.C17H20N2O.C17H22N2.C17H24N2/c1-15-6-11-20-19(14-15)18-4-3-5-21-22(18)25(20)12-13-26(21)23(28)24-16-7-9-17(27-2)10-8-16;1-15-11-12-20-19(13-15)18-9-6-10-21(22(18)23-20)24(16(2)25)14-17-7-4-3-5-8-17;1-13-7-8-17-16(11-13)15-5-4-6-18-19(15)21(17)10-9-20(18)12-14(2)22-3;1-11-6-7-15-14(10-11)13-4-3-5-16-17(13)19(15)9-8-18(16)12(2)20;1-12-7-8-15-14(11-12)13-5-3-6-16-17(13)19(15)10-4-9-18(16)2;1-3-4-10-18-16-7-5-6-13-14-11-12(2)8-9-15(14)19-17(13)16/h6-11,14,21H,3-5,12-13H2,1-2H3,(H,24,28);3-5,7-8,11-13,21,23H,6,9-10,14H2,1-2H3;7-8,11,14,18H,4-6,9-10,12H2,1-3H3;6-7,10,16H,3-5,8-9H2,1-2H3;7-8,11,16H,3-6,9-10H2,1-2H3;8-9,11,16,18-19H,3-7,10H2,1-2H3. The van der Waals surface area contributed by atoms with Gasteiger partial charge in [0.2, 0.25) is 11.8 Å². The summed E-state index contributed by atoms with van der Waals surface area (Å²) < 4.78 is 21.0. The minimum absolute atomic E-state index is 0.133. The molecule has 18 heteroatoms. The number of methoxy groups -OCH3 is 2. The van der Waals surface area contributed by atoms with Crippen molar-refractivity contribution in [2.45, 2.75) is 279 Å². The van der Waals surface area contributed by atoms with Gasteiger partial charge in [0, 0.05) is 198 Å². The van der Waals surface area contributed by atoms with Gasteiger partial charge in [0.25, 0.3) is 0 Å². The summed E-state index contributed by atoms with van der Waals surface area (Å²) in [5, 5.41) is 16.6. The fraction of sp³-hybridized carbons (Fsp3) is 0.452. The smallest absolute Gasteiger partial charge is 0.220 e. The van der Waals surface area contributed by atoms with E-state index in [-0.39, 0.29) is 17.9 Å². The maximum atomic E-state index is 12.4. The number of amides is 2. The van der Waals surface area contributed by atoms with Gasteiger partial charge in [0.15, 0.2) is 5.11 Å². The van der Waals surface area contributed by atoms with Gasteiger partial charge in [-0.15, -0.1) is 0 Å². The highest BCUT2D eigenvalue weighted by atomic mass is 32.1. The number of nitrogens with one attached hydrogen (secondary N) is 4. The third kappa shape index (κ3) is 18.3. The Hall–Kier alpha value is -10.7. The van der Waals surface area contributed by atoms with Crippen LogP contribution in [0.25, 0.3) is 65.4 Å². The Morgan fingerprint density at radius 1 is 0.466 bits per heavy atom. The Kier molecular flexibility index (Phi) is 27.3. The number of fused-ring (bicyclic) bond motifs is 18. The van der Waals surface area contributed by atoms with Crippen molar-refractivity contribution in [2.24, 2.45) is 0 Å². The van der Waals surface area contributed by atoms with Crippen LogP contribution >= 0.6 is 12.2 Å². The molecule has 4 aliphatic heterocycles. The van der Waals surface area contributed by atoms with Gasteiger partial charge in [-0.05, 0) is 339 Å². The molecule has 17 nitrogen and oxygen atoms in total. The van der Waals surface area contributed by atoms with Crippen molar-refractivity contribution in [3.63, 3.8) is 0 Å². The number of unbranched alkanes of at least 4 members (excludes halogenated alkanes) is 1. The molecular formula is C115H141N13O4S. The van der Waals surface area contributed by atoms with Gasteiger partial charge < -0.3 is 63.0 Å². The zero-order valence-corrected chi connectivity index (χ0v) is 82.1. The molecule has 6 aromatic heterocycles. The number of anilines is 1. The predicted octanol–water partition coefficient (Wildman–Crippen LogP) is 24.7. The molecule has 133 heavy (non-hydrogen) atoms. The zero-order valence-electron chi connectivity index (χ0n) is 81.3. The quantitative estimate of drug-likeness (QED) is 0.0689. The number of hydrogen-bond donors (Lipinski definition) is 4. The number of thiocarbonyl (C=S) groups is 1. The largest absolute Gasteiger partial charge is 0.497 e. The Bertz CT molecular complexity index is 6610. The molecule has 7 atom stereocenters. The van der Waals surface area contributed by atoms with Crippen molar-refractivity contribution in [2.75, 3.05) is 65.9 Å². The zero-order chi connectivity index (χ0) is 92.0. The van der Waals surface area contributed by atoms with Crippen LogP contribution in [-0.4, -0.2) is 136 Å². The molecular weight excluding hydrogens is 1660 g/mol. The van der Waals surface area contributed by atoms with Crippen LogP contribution in [0.4, 0.5) is 5.69 Å². The molecule has 4 N–H and O–H groups in total. The number of nitrogens with zero attached hydrogens (tertiary/aromatic N) is 9. The average Bonchev–Trinajstić information content (AvgIpc) is 1.58. The predicted molar refractivity (Wildman–Crippen MR) is 551 cm³/mol. The fourth-order valence-corrected chi connectivity index (χ4v) is 25.1. The van der Waals surface area contributed by atoms with Crippen molar-refractivity contribution in [1.82, 2.24) is 58.1 Å². The highest BCUT2D eigenvalue weighted by molar-refractivity contribution is 7.80. The molecule has 0 fully saturated rings.